The fourth-order valence-electron chi connectivity index (χ4n) is 3.60. The van der Waals surface area contributed by atoms with E-state index >= 15 is 0 Å². The van der Waals surface area contributed by atoms with Gasteiger partial charge in [-0.15, -0.1) is 0 Å². The molecule has 0 unspecified atom stereocenters. The Bertz CT molecular complexity index is 1600. The second-order valence-electron chi connectivity index (χ2n) is 7.89. The van der Waals surface area contributed by atoms with Crippen LogP contribution in [0.1, 0.15) is 23.8 Å². The summed E-state index contributed by atoms with van der Waals surface area (Å²) in [5.74, 6) is -0.471. The topological polar surface area (TPSA) is 140 Å². The normalized spacial score (nSPS) is 11.3. The molecule has 36 heavy (non-hydrogen) atoms. The average molecular weight is 509 g/mol. The van der Waals surface area contributed by atoms with Crippen LogP contribution in [-0.2, 0) is 16.6 Å². The predicted octanol–water partition coefficient (Wildman–Crippen LogP) is 3.57. The van der Waals surface area contributed by atoms with E-state index < -0.39 is 15.9 Å². The van der Waals surface area contributed by atoms with E-state index in [9.17, 15) is 23.1 Å². The van der Waals surface area contributed by atoms with E-state index in [0.717, 1.165) is 6.07 Å². The number of hydrogen-bond acceptors (Lipinski definition) is 7. The third kappa shape index (κ3) is 5.01. The van der Waals surface area contributed by atoms with Gasteiger partial charge in [0.25, 0.3) is 21.5 Å². The van der Waals surface area contributed by atoms with Crippen molar-refractivity contribution in [3.05, 3.63) is 82.8 Å². The van der Waals surface area contributed by atoms with Crippen LogP contribution in [0.2, 0.25) is 0 Å². The number of hydrogen-bond donors (Lipinski definition) is 3. The van der Waals surface area contributed by atoms with Crippen LogP contribution >= 0.6 is 0 Å². The van der Waals surface area contributed by atoms with Crippen LogP contribution in [0.15, 0.2) is 76.4 Å². The van der Waals surface area contributed by atoms with E-state index in [0.29, 0.717) is 35.2 Å². The molecular weight excluding hydrogens is 484 g/mol. The van der Waals surface area contributed by atoms with Gasteiger partial charge in [-0.05, 0) is 55.0 Å². The SMILES string of the molecule is CCCn1nc(C(=O)Nc2cc(S(=O)(=O)Nc3ccc(OC)cc3)ccc2O)c2ccccc2c1=O. The van der Waals surface area contributed by atoms with E-state index in [1.54, 1.807) is 48.5 Å². The molecule has 0 fully saturated rings. The average Bonchev–Trinajstić information content (AvgIpc) is 2.87. The number of nitrogens with one attached hydrogen (secondary N) is 2. The Kier molecular flexibility index (Phi) is 6.93. The minimum Gasteiger partial charge on any atom is -0.506 e. The maximum atomic E-state index is 13.2. The van der Waals surface area contributed by atoms with Crippen molar-refractivity contribution in [1.29, 1.82) is 0 Å². The predicted molar refractivity (Wildman–Crippen MR) is 136 cm³/mol. The van der Waals surface area contributed by atoms with E-state index in [2.05, 4.69) is 15.1 Å². The summed E-state index contributed by atoms with van der Waals surface area (Å²) in [6.45, 7) is 2.20. The molecule has 4 rings (SSSR count). The number of carbonyl (C=O) groups is 1. The molecular formula is C25H24N4O6S. The summed E-state index contributed by atoms with van der Waals surface area (Å²) in [5, 5.41) is 17.7. The van der Waals surface area contributed by atoms with Gasteiger partial charge in [0.05, 0.1) is 23.1 Å². The number of rotatable bonds is 8. The molecule has 0 saturated heterocycles. The molecule has 4 aromatic rings. The molecule has 0 aliphatic heterocycles. The van der Waals surface area contributed by atoms with Crippen molar-refractivity contribution in [2.45, 2.75) is 24.8 Å². The Balaban J connectivity index is 1.67. The zero-order chi connectivity index (χ0) is 25.9. The lowest BCUT2D eigenvalue weighted by molar-refractivity contribution is 0.102. The van der Waals surface area contributed by atoms with Gasteiger partial charge < -0.3 is 15.2 Å². The third-order valence-corrected chi connectivity index (χ3v) is 6.77. The van der Waals surface area contributed by atoms with Crippen molar-refractivity contribution in [3.63, 3.8) is 0 Å². The minimum absolute atomic E-state index is 0.0253. The molecule has 3 N–H and O–H groups in total. The van der Waals surface area contributed by atoms with Gasteiger partial charge in [-0.25, -0.2) is 13.1 Å². The first-order chi connectivity index (χ1) is 17.2. The third-order valence-electron chi connectivity index (χ3n) is 5.39. The second-order valence-corrected chi connectivity index (χ2v) is 9.57. The summed E-state index contributed by atoms with van der Waals surface area (Å²) in [6.07, 6.45) is 0.633. The molecule has 0 saturated carbocycles. The van der Waals surface area contributed by atoms with Gasteiger partial charge in [0.2, 0.25) is 0 Å². The Labute approximate surface area is 207 Å². The highest BCUT2D eigenvalue weighted by atomic mass is 32.2. The lowest BCUT2D eigenvalue weighted by Crippen LogP contribution is -2.27. The Hall–Kier alpha value is -4.38. The van der Waals surface area contributed by atoms with Gasteiger partial charge in [0, 0.05) is 17.6 Å². The first-order valence-electron chi connectivity index (χ1n) is 11.0. The summed E-state index contributed by atoms with van der Waals surface area (Å²) in [7, 11) is -2.54. The zero-order valence-electron chi connectivity index (χ0n) is 19.6. The van der Waals surface area contributed by atoms with Crippen molar-refractivity contribution in [2.75, 3.05) is 17.1 Å². The molecule has 11 heteroatoms. The van der Waals surface area contributed by atoms with E-state index in [1.165, 1.54) is 23.9 Å². The van der Waals surface area contributed by atoms with E-state index in [1.807, 2.05) is 6.92 Å². The number of aromatic nitrogens is 2. The first kappa shape index (κ1) is 24.7. The molecule has 0 bridgehead atoms. The highest BCUT2D eigenvalue weighted by molar-refractivity contribution is 7.92. The van der Waals surface area contributed by atoms with Gasteiger partial charge in [-0.3, -0.25) is 14.3 Å². The Morgan fingerprint density at radius 1 is 1.06 bits per heavy atom. The number of phenolic OH excluding ortho intramolecular Hbond substituents is 1. The van der Waals surface area contributed by atoms with Gasteiger partial charge in [0.1, 0.15) is 11.5 Å². The number of fused-ring (bicyclic) bond motifs is 1. The molecule has 0 spiro atoms. The first-order valence-corrected chi connectivity index (χ1v) is 12.5. The van der Waals surface area contributed by atoms with Gasteiger partial charge in [-0.1, -0.05) is 25.1 Å². The van der Waals surface area contributed by atoms with Gasteiger partial charge in [-0.2, -0.15) is 5.10 Å². The number of phenols is 1. The van der Waals surface area contributed by atoms with Crippen LogP contribution < -0.4 is 20.3 Å². The number of benzene rings is 3. The zero-order valence-corrected chi connectivity index (χ0v) is 20.4. The quantitative estimate of drug-likeness (QED) is 0.309. The number of carbonyl (C=O) groups excluding carboxylic acids is 1. The lowest BCUT2D eigenvalue weighted by Gasteiger charge is -2.13. The van der Waals surface area contributed by atoms with Crippen LogP contribution in [-0.4, -0.2) is 36.3 Å². The number of anilines is 2. The fourth-order valence-corrected chi connectivity index (χ4v) is 4.69. The molecule has 1 heterocycles. The van der Waals surface area contributed by atoms with Crippen molar-refractivity contribution in [3.8, 4) is 11.5 Å². The molecule has 0 aliphatic carbocycles. The minimum atomic E-state index is -4.04. The summed E-state index contributed by atoms with van der Waals surface area (Å²) in [5.41, 5.74) is -0.160. The smallest absolute Gasteiger partial charge is 0.276 e. The summed E-state index contributed by atoms with van der Waals surface area (Å²) >= 11 is 0. The highest BCUT2D eigenvalue weighted by Crippen LogP contribution is 2.29. The standard InChI is InChI=1S/C25H24N4O6S/c1-3-14-29-25(32)20-7-5-4-6-19(20)23(27-29)24(31)26-21-15-18(12-13-22(21)30)36(33,34)28-16-8-10-17(35-2)11-9-16/h4-13,15,28,30H,3,14H2,1-2H3,(H,26,31). The summed E-state index contributed by atoms with van der Waals surface area (Å²) in [4.78, 5) is 25.7. The summed E-state index contributed by atoms with van der Waals surface area (Å²) < 4.78 is 34.6. The number of ether oxygens (including phenoxy) is 1. The molecule has 10 nitrogen and oxygen atoms in total. The number of aryl methyl sites for hydroxylation is 1. The molecule has 186 valence electrons. The molecule has 1 aromatic heterocycles. The van der Waals surface area contributed by atoms with Crippen molar-refractivity contribution in [1.82, 2.24) is 9.78 Å². The maximum absolute atomic E-state index is 13.2. The number of nitrogens with zero attached hydrogens (tertiary/aromatic N) is 2. The molecule has 3 aromatic carbocycles. The van der Waals surface area contributed by atoms with Crippen molar-refractivity contribution in [2.24, 2.45) is 0 Å². The molecule has 0 radical (unpaired) electrons. The fraction of sp³-hybridized carbons (Fsp3) is 0.160. The van der Waals surface area contributed by atoms with Crippen LogP contribution in [0.4, 0.5) is 11.4 Å². The molecule has 0 atom stereocenters. The second kappa shape index (κ2) is 10.1. The van der Waals surface area contributed by atoms with Gasteiger partial charge in [0.15, 0.2) is 5.69 Å². The van der Waals surface area contributed by atoms with Gasteiger partial charge >= 0.3 is 0 Å². The highest BCUT2D eigenvalue weighted by Gasteiger charge is 2.21. The number of amides is 1. The van der Waals surface area contributed by atoms with E-state index in [-0.39, 0.29) is 27.6 Å². The lowest BCUT2D eigenvalue weighted by atomic mass is 10.1. The molecule has 1 amide bonds. The summed E-state index contributed by atoms with van der Waals surface area (Å²) in [6, 6.07) is 16.4. The number of sulfonamides is 1. The van der Waals surface area contributed by atoms with E-state index in [4.69, 9.17) is 4.74 Å². The Morgan fingerprint density at radius 3 is 2.42 bits per heavy atom. The van der Waals surface area contributed by atoms with Crippen molar-refractivity contribution < 1.29 is 23.1 Å². The molecule has 0 aliphatic rings. The monoisotopic (exact) mass is 508 g/mol. The largest absolute Gasteiger partial charge is 0.506 e. The maximum Gasteiger partial charge on any atom is 0.276 e. The van der Waals surface area contributed by atoms with Crippen LogP contribution in [0.5, 0.6) is 11.5 Å². The van der Waals surface area contributed by atoms with Crippen LogP contribution in [0, 0.1) is 0 Å². The number of methoxy groups -OCH3 is 1. The van der Waals surface area contributed by atoms with Crippen LogP contribution in [0.25, 0.3) is 10.8 Å². The van der Waals surface area contributed by atoms with Crippen molar-refractivity contribution >= 4 is 38.1 Å². The van der Waals surface area contributed by atoms with Crippen LogP contribution in [0.3, 0.4) is 0 Å². The number of aromatic hydroxyl groups is 1. The Morgan fingerprint density at radius 2 is 1.75 bits per heavy atom.